The van der Waals surface area contributed by atoms with Crippen molar-refractivity contribution in [2.45, 2.75) is 51.7 Å². The van der Waals surface area contributed by atoms with Crippen molar-refractivity contribution >= 4 is 11.6 Å². The van der Waals surface area contributed by atoms with Gasteiger partial charge in [-0.3, -0.25) is 14.9 Å². The summed E-state index contributed by atoms with van der Waals surface area (Å²) in [6.07, 6.45) is 3.55. The van der Waals surface area contributed by atoms with Crippen LogP contribution in [0.15, 0.2) is 18.2 Å². The van der Waals surface area contributed by atoms with Gasteiger partial charge in [-0.25, -0.2) is 0 Å². The highest BCUT2D eigenvalue weighted by Gasteiger charge is 2.27. The van der Waals surface area contributed by atoms with Gasteiger partial charge in [0.05, 0.1) is 18.1 Å². The van der Waals surface area contributed by atoms with Crippen molar-refractivity contribution in [3.8, 4) is 11.5 Å². The first-order valence-electron chi connectivity index (χ1n) is 8.21. The minimum absolute atomic E-state index is 0.0557. The number of ether oxygens (including phenoxy) is 2. The molecule has 132 valence electrons. The number of nitrogens with zero attached hydrogens (tertiary/aromatic N) is 1. The van der Waals surface area contributed by atoms with E-state index in [4.69, 9.17) is 9.47 Å². The maximum atomic E-state index is 12.3. The second-order valence-electron chi connectivity index (χ2n) is 6.23. The van der Waals surface area contributed by atoms with E-state index in [0.717, 1.165) is 19.3 Å². The van der Waals surface area contributed by atoms with Gasteiger partial charge < -0.3 is 14.8 Å². The maximum absolute atomic E-state index is 12.3. The van der Waals surface area contributed by atoms with E-state index >= 15 is 0 Å². The number of benzene rings is 1. The van der Waals surface area contributed by atoms with Crippen LogP contribution in [0.1, 0.15) is 39.5 Å². The molecule has 24 heavy (non-hydrogen) atoms. The van der Waals surface area contributed by atoms with Crippen molar-refractivity contribution in [2.24, 2.45) is 5.92 Å². The number of amides is 1. The minimum atomic E-state index is -0.814. The molecule has 1 aromatic rings. The van der Waals surface area contributed by atoms with Crippen LogP contribution in [-0.4, -0.2) is 30.1 Å². The predicted molar refractivity (Wildman–Crippen MR) is 89.3 cm³/mol. The van der Waals surface area contributed by atoms with Crippen LogP contribution in [0.25, 0.3) is 0 Å². The van der Waals surface area contributed by atoms with Crippen molar-refractivity contribution in [3.05, 3.63) is 28.3 Å². The van der Waals surface area contributed by atoms with Crippen LogP contribution in [0.2, 0.25) is 0 Å². The lowest BCUT2D eigenvalue weighted by Gasteiger charge is -2.30. The van der Waals surface area contributed by atoms with Gasteiger partial charge in [0.1, 0.15) is 5.75 Å². The number of nitrogens with one attached hydrogen (secondary N) is 1. The molecule has 0 aliphatic heterocycles. The van der Waals surface area contributed by atoms with Crippen molar-refractivity contribution < 1.29 is 19.2 Å². The zero-order chi connectivity index (χ0) is 17.7. The Labute approximate surface area is 141 Å². The minimum Gasteiger partial charge on any atom is -0.496 e. The third kappa shape index (κ3) is 4.37. The molecule has 1 saturated carbocycles. The summed E-state index contributed by atoms with van der Waals surface area (Å²) < 4.78 is 10.5. The normalized spacial score (nSPS) is 21.6. The smallest absolute Gasteiger partial charge is 0.314 e. The molecule has 1 amide bonds. The Bertz CT molecular complexity index is 605. The summed E-state index contributed by atoms with van der Waals surface area (Å²) in [6.45, 7) is 3.72. The highest BCUT2D eigenvalue weighted by molar-refractivity contribution is 5.81. The first kappa shape index (κ1) is 18.0. The van der Waals surface area contributed by atoms with E-state index in [1.54, 1.807) is 13.0 Å². The topological polar surface area (TPSA) is 90.7 Å². The van der Waals surface area contributed by atoms with Crippen molar-refractivity contribution in [2.75, 3.05) is 7.11 Å². The number of methoxy groups -OCH3 is 1. The van der Waals surface area contributed by atoms with E-state index < -0.39 is 11.0 Å². The molecule has 3 atom stereocenters. The molecule has 1 N–H and O–H groups in total. The zero-order valence-electron chi connectivity index (χ0n) is 14.3. The van der Waals surface area contributed by atoms with Gasteiger partial charge >= 0.3 is 5.69 Å². The molecule has 0 bridgehead atoms. The highest BCUT2D eigenvalue weighted by Crippen LogP contribution is 2.32. The molecule has 1 aliphatic carbocycles. The summed E-state index contributed by atoms with van der Waals surface area (Å²) in [5.41, 5.74) is -0.222. The lowest BCUT2D eigenvalue weighted by molar-refractivity contribution is -0.386. The fourth-order valence-corrected chi connectivity index (χ4v) is 2.94. The number of hydrogen-bond donors (Lipinski definition) is 1. The van der Waals surface area contributed by atoms with Gasteiger partial charge in [0.25, 0.3) is 5.91 Å². The first-order chi connectivity index (χ1) is 11.4. The molecule has 0 heterocycles. The Morgan fingerprint density at radius 1 is 1.38 bits per heavy atom. The summed E-state index contributed by atoms with van der Waals surface area (Å²) >= 11 is 0. The van der Waals surface area contributed by atoms with E-state index in [2.05, 4.69) is 12.2 Å². The van der Waals surface area contributed by atoms with Gasteiger partial charge in [-0.2, -0.15) is 0 Å². The molecule has 7 heteroatoms. The third-order valence-corrected chi connectivity index (χ3v) is 4.47. The summed E-state index contributed by atoms with van der Waals surface area (Å²) in [7, 11) is 1.43. The maximum Gasteiger partial charge on any atom is 0.314 e. The van der Waals surface area contributed by atoms with Gasteiger partial charge in [-0.05, 0) is 37.8 Å². The van der Waals surface area contributed by atoms with E-state index in [0.29, 0.717) is 11.7 Å². The highest BCUT2D eigenvalue weighted by atomic mass is 16.6. The van der Waals surface area contributed by atoms with Crippen LogP contribution in [-0.2, 0) is 4.79 Å². The average molecular weight is 336 g/mol. The number of carbonyl (C=O) groups is 1. The van der Waals surface area contributed by atoms with E-state index in [9.17, 15) is 14.9 Å². The average Bonchev–Trinajstić information content (AvgIpc) is 2.57. The standard InChI is InChI=1S/C17H24N2O5/c1-11-6-4-5-7-14(11)18-17(20)12(2)24-16-9-8-13(23-3)10-15(16)19(21)22/h8-12,14H,4-7H2,1-3H3,(H,18,20)/t11-,12+,14-/m0/s1. The monoisotopic (exact) mass is 336 g/mol. The van der Waals surface area contributed by atoms with Crippen LogP contribution in [0.3, 0.4) is 0 Å². The Morgan fingerprint density at radius 3 is 2.71 bits per heavy atom. The van der Waals surface area contributed by atoms with Crippen LogP contribution in [0.4, 0.5) is 5.69 Å². The number of rotatable bonds is 6. The molecule has 0 saturated heterocycles. The van der Waals surface area contributed by atoms with Gasteiger partial charge in [0.2, 0.25) is 0 Å². The van der Waals surface area contributed by atoms with Gasteiger partial charge in [-0.15, -0.1) is 0 Å². The molecular weight excluding hydrogens is 312 g/mol. The molecule has 7 nitrogen and oxygen atoms in total. The summed E-state index contributed by atoms with van der Waals surface area (Å²) in [5.74, 6) is 0.603. The predicted octanol–water partition coefficient (Wildman–Crippen LogP) is 3.07. The third-order valence-electron chi connectivity index (χ3n) is 4.47. The van der Waals surface area contributed by atoms with Crippen LogP contribution >= 0.6 is 0 Å². The number of hydrogen-bond acceptors (Lipinski definition) is 5. The molecule has 1 aromatic carbocycles. The summed E-state index contributed by atoms with van der Waals surface area (Å²) in [6, 6.07) is 4.44. The Morgan fingerprint density at radius 2 is 2.08 bits per heavy atom. The van der Waals surface area contributed by atoms with Crippen molar-refractivity contribution in [1.29, 1.82) is 0 Å². The van der Waals surface area contributed by atoms with E-state index in [-0.39, 0.29) is 23.4 Å². The molecule has 1 fully saturated rings. The molecule has 0 unspecified atom stereocenters. The second-order valence-corrected chi connectivity index (χ2v) is 6.23. The molecule has 2 rings (SSSR count). The second kappa shape index (κ2) is 7.99. The molecule has 0 spiro atoms. The molecular formula is C17H24N2O5. The number of carbonyl (C=O) groups excluding carboxylic acids is 1. The van der Waals surface area contributed by atoms with Crippen LogP contribution < -0.4 is 14.8 Å². The molecule has 0 aromatic heterocycles. The number of nitro benzene ring substituents is 1. The van der Waals surface area contributed by atoms with Gasteiger partial charge in [0.15, 0.2) is 11.9 Å². The van der Waals surface area contributed by atoms with Crippen molar-refractivity contribution in [3.63, 3.8) is 0 Å². The summed E-state index contributed by atoms with van der Waals surface area (Å²) in [5, 5.41) is 14.2. The van der Waals surface area contributed by atoms with E-state index in [1.807, 2.05) is 0 Å². The largest absolute Gasteiger partial charge is 0.496 e. The Balaban J connectivity index is 2.04. The summed E-state index contributed by atoms with van der Waals surface area (Å²) in [4.78, 5) is 23.0. The van der Waals surface area contributed by atoms with Gasteiger partial charge in [-0.1, -0.05) is 19.8 Å². The van der Waals surface area contributed by atoms with Crippen molar-refractivity contribution in [1.82, 2.24) is 5.32 Å². The first-order valence-corrected chi connectivity index (χ1v) is 8.21. The van der Waals surface area contributed by atoms with Crippen LogP contribution in [0.5, 0.6) is 11.5 Å². The SMILES string of the molecule is COc1ccc(O[C@H](C)C(=O)N[C@H]2CCCC[C@@H]2C)c([N+](=O)[O-])c1. The molecule has 0 radical (unpaired) electrons. The Hall–Kier alpha value is -2.31. The van der Waals surface area contributed by atoms with Gasteiger partial charge in [0, 0.05) is 6.04 Å². The zero-order valence-corrected chi connectivity index (χ0v) is 14.3. The lowest BCUT2D eigenvalue weighted by atomic mass is 9.86. The van der Waals surface area contributed by atoms with E-state index in [1.165, 1.54) is 25.7 Å². The quantitative estimate of drug-likeness (QED) is 0.637. The van der Waals surface area contributed by atoms with Crippen LogP contribution in [0, 0.1) is 16.0 Å². The Kier molecular flexibility index (Phi) is 6.00. The number of nitro groups is 1. The fraction of sp³-hybridized carbons (Fsp3) is 0.588. The molecule has 1 aliphatic rings. The fourth-order valence-electron chi connectivity index (χ4n) is 2.94. The lowest BCUT2D eigenvalue weighted by Crippen LogP contribution is -2.46.